The lowest BCUT2D eigenvalue weighted by Crippen LogP contribution is -2.59. The molecule has 4 heteroatoms. The summed E-state index contributed by atoms with van der Waals surface area (Å²) in [7, 11) is 0. The Kier molecular flexibility index (Phi) is 2.97. The van der Waals surface area contributed by atoms with Crippen LogP contribution in [0.25, 0.3) is 0 Å². The van der Waals surface area contributed by atoms with Crippen LogP contribution in [0.1, 0.15) is 39.5 Å². The number of hydrogen-bond donors (Lipinski definition) is 1. The number of carbonyl (C=O) groups is 1. The van der Waals surface area contributed by atoms with E-state index in [9.17, 15) is 4.79 Å². The van der Waals surface area contributed by atoms with Gasteiger partial charge in [0.2, 0.25) is 5.91 Å². The van der Waals surface area contributed by atoms with E-state index in [1.807, 2.05) is 18.7 Å². The summed E-state index contributed by atoms with van der Waals surface area (Å²) < 4.78 is 5.61. The number of morpholine rings is 1. The predicted molar refractivity (Wildman–Crippen MR) is 62.0 cm³/mol. The van der Waals surface area contributed by atoms with Crippen molar-refractivity contribution in [3.63, 3.8) is 0 Å². The topological polar surface area (TPSA) is 55.6 Å². The van der Waals surface area contributed by atoms with Crippen LogP contribution < -0.4 is 5.73 Å². The summed E-state index contributed by atoms with van der Waals surface area (Å²) in [6.07, 6.45) is 3.83. The minimum Gasteiger partial charge on any atom is -0.372 e. The van der Waals surface area contributed by atoms with Gasteiger partial charge in [0.25, 0.3) is 0 Å². The molecule has 0 aromatic rings. The molecule has 0 aromatic heterocycles. The first-order valence-corrected chi connectivity index (χ1v) is 6.15. The second-order valence-electron chi connectivity index (χ2n) is 5.70. The quantitative estimate of drug-likeness (QED) is 0.722. The maximum atomic E-state index is 12.4. The van der Waals surface area contributed by atoms with Gasteiger partial charge >= 0.3 is 0 Å². The van der Waals surface area contributed by atoms with E-state index in [0.717, 1.165) is 25.7 Å². The van der Waals surface area contributed by atoms with Crippen LogP contribution in [0.2, 0.25) is 0 Å². The van der Waals surface area contributed by atoms with Crippen LogP contribution in [0.5, 0.6) is 0 Å². The Hall–Kier alpha value is -0.610. The van der Waals surface area contributed by atoms with Gasteiger partial charge < -0.3 is 15.4 Å². The zero-order chi connectivity index (χ0) is 11.8. The summed E-state index contributed by atoms with van der Waals surface area (Å²) in [6.45, 7) is 6.00. The van der Waals surface area contributed by atoms with Crippen LogP contribution in [0, 0.1) is 0 Å². The third-order valence-electron chi connectivity index (χ3n) is 3.63. The Bertz CT molecular complexity index is 283. The Morgan fingerprint density at radius 3 is 2.50 bits per heavy atom. The normalized spacial score (nSPS) is 28.1. The molecular weight excluding hydrogens is 204 g/mol. The summed E-state index contributed by atoms with van der Waals surface area (Å²) in [4.78, 5) is 14.2. The van der Waals surface area contributed by atoms with Gasteiger partial charge in [-0.2, -0.15) is 0 Å². The van der Waals surface area contributed by atoms with Gasteiger partial charge in [-0.25, -0.2) is 0 Å². The number of amides is 1. The fraction of sp³-hybridized carbons (Fsp3) is 0.917. The maximum Gasteiger partial charge on any atom is 0.242 e. The molecule has 0 bridgehead atoms. The van der Waals surface area contributed by atoms with E-state index in [1.54, 1.807) is 0 Å². The van der Waals surface area contributed by atoms with Crippen molar-refractivity contribution in [1.82, 2.24) is 4.90 Å². The molecule has 16 heavy (non-hydrogen) atoms. The zero-order valence-electron chi connectivity index (χ0n) is 10.3. The molecule has 1 saturated carbocycles. The van der Waals surface area contributed by atoms with Crippen molar-refractivity contribution in [3.05, 3.63) is 0 Å². The molecule has 4 nitrogen and oxygen atoms in total. The average Bonchev–Trinajstić information content (AvgIpc) is 2.64. The highest BCUT2D eigenvalue weighted by molar-refractivity contribution is 5.86. The molecule has 1 aliphatic carbocycles. The van der Waals surface area contributed by atoms with Crippen molar-refractivity contribution < 1.29 is 9.53 Å². The van der Waals surface area contributed by atoms with Crippen LogP contribution in [-0.2, 0) is 9.53 Å². The molecule has 92 valence electrons. The lowest BCUT2D eigenvalue weighted by Gasteiger charge is -2.41. The molecule has 1 aliphatic heterocycles. The second-order valence-corrected chi connectivity index (χ2v) is 5.70. The van der Waals surface area contributed by atoms with Gasteiger partial charge in [0.15, 0.2) is 0 Å². The van der Waals surface area contributed by atoms with Gasteiger partial charge in [0, 0.05) is 13.1 Å². The highest BCUT2D eigenvalue weighted by Crippen LogP contribution is 2.30. The van der Waals surface area contributed by atoms with E-state index >= 15 is 0 Å². The Balaban J connectivity index is 2.04. The first-order valence-electron chi connectivity index (χ1n) is 6.15. The molecule has 0 atom stereocenters. The van der Waals surface area contributed by atoms with Crippen molar-refractivity contribution in [2.24, 2.45) is 5.73 Å². The summed E-state index contributed by atoms with van der Waals surface area (Å²) in [5.41, 5.74) is 5.37. The van der Waals surface area contributed by atoms with E-state index < -0.39 is 5.54 Å². The predicted octanol–water partition coefficient (Wildman–Crippen LogP) is 0.895. The standard InChI is InChI=1S/C12H22N2O2/c1-11(2)9-14(7-8-16-11)10(15)12(13)5-3-4-6-12/h3-9,13H2,1-2H3. The van der Waals surface area contributed by atoms with E-state index in [0.29, 0.717) is 19.7 Å². The number of ether oxygens (including phenoxy) is 1. The van der Waals surface area contributed by atoms with Gasteiger partial charge in [0.05, 0.1) is 17.7 Å². The Labute approximate surface area is 97.1 Å². The second kappa shape index (κ2) is 4.00. The van der Waals surface area contributed by atoms with Gasteiger partial charge in [-0.1, -0.05) is 12.8 Å². The first kappa shape index (κ1) is 11.9. The minimum atomic E-state index is -0.590. The Morgan fingerprint density at radius 2 is 1.94 bits per heavy atom. The van der Waals surface area contributed by atoms with Crippen LogP contribution in [0.15, 0.2) is 0 Å². The molecule has 2 N–H and O–H groups in total. The third-order valence-corrected chi connectivity index (χ3v) is 3.63. The van der Waals surface area contributed by atoms with Crippen molar-refractivity contribution in [3.8, 4) is 0 Å². The van der Waals surface area contributed by atoms with E-state index in [-0.39, 0.29) is 11.5 Å². The number of nitrogens with zero attached hydrogens (tertiary/aromatic N) is 1. The molecule has 1 amide bonds. The van der Waals surface area contributed by atoms with E-state index in [1.165, 1.54) is 0 Å². The minimum absolute atomic E-state index is 0.126. The van der Waals surface area contributed by atoms with Crippen LogP contribution in [0.3, 0.4) is 0 Å². The lowest BCUT2D eigenvalue weighted by molar-refractivity contribution is -0.151. The van der Waals surface area contributed by atoms with Crippen molar-refractivity contribution in [2.45, 2.75) is 50.7 Å². The molecule has 0 spiro atoms. The molecule has 1 heterocycles. The van der Waals surface area contributed by atoms with Gasteiger partial charge in [0.1, 0.15) is 0 Å². The largest absolute Gasteiger partial charge is 0.372 e. The van der Waals surface area contributed by atoms with Crippen molar-refractivity contribution in [2.75, 3.05) is 19.7 Å². The highest BCUT2D eigenvalue weighted by Gasteiger charge is 2.42. The molecular formula is C12H22N2O2. The first-order chi connectivity index (χ1) is 7.43. The molecule has 0 aromatic carbocycles. The molecule has 2 rings (SSSR count). The summed E-state index contributed by atoms with van der Waals surface area (Å²) >= 11 is 0. The smallest absolute Gasteiger partial charge is 0.242 e. The summed E-state index contributed by atoms with van der Waals surface area (Å²) in [5, 5.41) is 0. The monoisotopic (exact) mass is 226 g/mol. The number of carbonyl (C=O) groups excluding carboxylic acids is 1. The maximum absolute atomic E-state index is 12.4. The molecule has 2 fully saturated rings. The zero-order valence-corrected chi connectivity index (χ0v) is 10.3. The fourth-order valence-corrected chi connectivity index (χ4v) is 2.72. The van der Waals surface area contributed by atoms with Crippen molar-refractivity contribution >= 4 is 5.91 Å². The van der Waals surface area contributed by atoms with E-state index in [2.05, 4.69) is 0 Å². The van der Waals surface area contributed by atoms with Crippen molar-refractivity contribution in [1.29, 1.82) is 0 Å². The fourth-order valence-electron chi connectivity index (χ4n) is 2.72. The van der Waals surface area contributed by atoms with Gasteiger partial charge in [-0.15, -0.1) is 0 Å². The SMILES string of the molecule is CC1(C)CN(C(=O)C2(N)CCCC2)CCO1. The average molecular weight is 226 g/mol. The molecule has 0 radical (unpaired) electrons. The van der Waals surface area contributed by atoms with Crippen LogP contribution in [0.4, 0.5) is 0 Å². The molecule has 0 unspecified atom stereocenters. The third kappa shape index (κ3) is 2.23. The summed E-state index contributed by atoms with van der Waals surface area (Å²) in [6, 6.07) is 0. The Morgan fingerprint density at radius 1 is 1.31 bits per heavy atom. The summed E-state index contributed by atoms with van der Waals surface area (Å²) in [5.74, 6) is 0.126. The van der Waals surface area contributed by atoms with E-state index in [4.69, 9.17) is 10.5 Å². The number of hydrogen-bond acceptors (Lipinski definition) is 3. The number of rotatable bonds is 1. The van der Waals surface area contributed by atoms with Gasteiger partial charge in [-0.05, 0) is 26.7 Å². The highest BCUT2D eigenvalue weighted by atomic mass is 16.5. The molecule has 1 saturated heterocycles. The van der Waals surface area contributed by atoms with Crippen LogP contribution >= 0.6 is 0 Å². The van der Waals surface area contributed by atoms with Gasteiger partial charge in [-0.3, -0.25) is 4.79 Å². The number of nitrogens with two attached hydrogens (primary N) is 1. The lowest BCUT2D eigenvalue weighted by atomic mass is 9.95. The molecule has 2 aliphatic rings. The van der Waals surface area contributed by atoms with Crippen LogP contribution in [-0.4, -0.2) is 41.6 Å².